The van der Waals surface area contributed by atoms with Crippen molar-refractivity contribution in [2.24, 2.45) is 5.92 Å². The molecule has 0 radical (unpaired) electrons. The van der Waals surface area contributed by atoms with E-state index in [0.717, 1.165) is 29.2 Å². The molecule has 17 heavy (non-hydrogen) atoms. The largest absolute Gasteiger partial charge is 0.369 e. The minimum absolute atomic E-state index is 0.605. The van der Waals surface area contributed by atoms with Crippen LogP contribution in [0.25, 0.3) is 11.2 Å². The Labute approximate surface area is 101 Å². The van der Waals surface area contributed by atoms with Crippen LogP contribution in [-0.4, -0.2) is 14.5 Å². The second-order valence-corrected chi connectivity index (χ2v) is 5.03. The smallest absolute Gasteiger partial charge is 0.202 e. The lowest BCUT2D eigenvalue weighted by molar-refractivity contribution is 0.466. The van der Waals surface area contributed by atoms with Crippen LogP contribution in [0.3, 0.4) is 0 Å². The summed E-state index contributed by atoms with van der Waals surface area (Å²) in [5.41, 5.74) is 9.04. The summed E-state index contributed by atoms with van der Waals surface area (Å²) in [5, 5.41) is 0. The third kappa shape index (κ3) is 1.77. The Hall–Kier alpha value is -1.58. The van der Waals surface area contributed by atoms with Gasteiger partial charge in [0.25, 0.3) is 0 Å². The van der Waals surface area contributed by atoms with Crippen LogP contribution < -0.4 is 5.73 Å². The van der Waals surface area contributed by atoms with Crippen LogP contribution in [0.4, 0.5) is 5.95 Å². The molecule has 2 N–H and O–H groups in total. The lowest BCUT2D eigenvalue weighted by atomic mass is 10.1. The fourth-order valence-corrected chi connectivity index (χ4v) is 2.79. The van der Waals surface area contributed by atoms with Crippen molar-refractivity contribution in [3.63, 3.8) is 0 Å². The number of imidazole rings is 1. The van der Waals surface area contributed by atoms with Gasteiger partial charge in [-0.2, -0.15) is 0 Å². The summed E-state index contributed by atoms with van der Waals surface area (Å²) in [4.78, 5) is 8.86. The third-order valence-corrected chi connectivity index (χ3v) is 3.78. The molecule has 3 rings (SSSR count). The first-order valence-corrected chi connectivity index (χ1v) is 6.33. The van der Waals surface area contributed by atoms with E-state index in [2.05, 4.69) is 21.5 Å². The SMILES string of the molecule is Cc1ccnc2c1nc(N)n2CC1CCCC1. The fraction of sp³-hybridized carbons (Fsp3) is 0.538. The first-order chi connectivity index (χ1) is 8.25. The van der Waals surface area contributed by atoms with Crippen molar-refractivity contribution in [3.05, 3.63) is 17.8 Å². The van der Waals surface area contributed by atoms with Gasteiger partial charge >= 0.3 is 0 Å². The van der Waals surface area contributed by atoms with E-state index in [1.807, 2.05) is 12.3 Å². The topological polar surface area (TPSA) is 56.7 Å². The number of nitrogens with two attached hydrogens (primary N) is 1. The van der Waals surface area contributed by atoms with E-state index in [0.29, 0.717) is 5.95 Å². The zero-order valence-corrected chi connectivity index (χ0v) is 10.2. The van der Waals surface area contributed by atoms with E-state index in [-0.39, 0.29) is 0 Å². The lowest BCUT2D eigenvalue weighted by Gasteiger charge is -2.11. The van der Waals surface area contributed by atoms with Gasteiger partial charge in [0.05, 0.1) is 0 Å². The number of nitrogens with zero attached hydrogens (tertiary/aromatic N) is 3. The quantitative estimate of drug-likeness (QED) is 0.862. The molecule has 2 heterocycles. The maximum atomic E-state index is 6.01. The summed E-state index contributed by atoms with van der Waals surface area (Å²) in [5.74, 6) is 1.35. The Kier molecular flexibility index (Phi) is 2.50. The van der Waals surface area contributed by atoms with Crippen molar-refractivity contribution >= 4 is 17.1 Å². The second-order valence-electron chi connectivity index (χ2n) is 5.03. The first-order valence-electron chi connectivity index (χ1n) is 6.33. The standard InChI is InChI=1S/C13H18N4/c1-9-6-7-15-12-11(9)16-13(14)17(12)8-10-4-2-3-5-10/h6-7,10H,2-5,8H2,1H3,(H2,14,16). The molecule has 2 aromatic rings. The highest BCUT2D eigenvalue weighted by molar-refractivity contribution is 5.77. The van der Waals surface area contributed by atoms with Crippen molar-refractivity contribution in [1.29, 1.82) is 0 Å². The van der Waals surface area contributed by atoms with Crippen molar-refractivity contribution < 1.29 is 0 Å². The van der Waals surface area contributed by atoms with Gasteiger partial charge in [0.1, 0.15) is 5.52 Å². The molecule has 0 atom stereocenters. The number of nitrogen functional groups attached to an aromatic ring is 1. The summed E-state index contributed by atoms with van der Waals surface area (Å²) in [7, 11) is 0. The van der Waals surface area contributed by atoms with E-state index in [1.165, 1.54) is 25.7 Å². The highest BCUT2D eigenvalue weighted by Gasteiger charge is 2.19. The van der Waals surface area contributed by atoms with Gasteiger partial charge in [-0.1, -0.05) is 12.8 Å². The monoisotopic (exact) mass is 230 g/mol. The van der Waals surface area contributed by atoms with E-state index in [4.69, 9.17) is 5.73 Å². The van der Waals surface area contributed by atoms with Crippen molar-refractivity contribution in [2.45, 2.75) is 39.2 Å². The zero-order valence-electron chi connectivity index (χ0n) is 10.2. The Balaban J connectivity index is 2.02. The van der Waals surface area contributed by atoms with Gasteiger partial charge in [0, 0.05) is 12.7 Å². The Morgan fingerprint density at radius 2 is 2.18 bits per heavy atom. The zero-order chi connectivity index (χ0) is 11.8. The van der Waals surface area contributed by atoms with Crippen molar-refractivity contribution in [3.8, 4) is 0 Å². The van der Waals surface area contributed by atoms with E-state index in [1.54, 1.807) is 0 Å². The molecule has 0 unspecified atom stereocenters. The molecule has 1 aliphatic carbocycles. The predicted octanol–water partition coefficient (Wildman–Crippen LogP) is 2.51. The summed E-state index contributed by atoms with van der Waals surface area (Å²) >= 11 is 0. The Morgan fingerprint density at radius 3 is 2.94 bits per heavy atom. The number of hydrogen-bond donors (Lipinski definition) is 1. The average Bonchev–Trinajstić information content (AvgIpc) is 2.91. The average molecular weight is 230 g/mol. The molecule has 2 aromatic heterocycles. The summed E-state index contributed by atoms with van der Waals surface area (Å²) in [6.07, 6.45) is 7.16. The van der Waals surface area contributed by atoms with Crippen LogP contribution in [0.15, 0.2) is 12.3 Å². The number of fused-ring (bicyclic) bond motifs is 1. The van der Waals surface area contributed by atoms with Gasteiger partial charge in [-0.3, -0.25) is 4.57 Å². The van der Waals surface area contributed by atoms with Crippen LogP contribution in [0, 0.1) is 12.8 Å². The van der Waals surface area contributed by atoms with Crippen LogP contribution in [0.2, 0.25) is 0 Å². The molecule has 1 fully saturated rings. The van der Waals surface area contributed by atoms with Gasteiger partial charge in [-0.05, 0) is 37.3 Å². The molecule has 4 nitrogen and oxygen atoms in total. The molecule has 4 heteroatoms. The van der Waals surface area contributed by atoms with Gasteiger partial charge in [-0.15, -0.1) is 0 Å². The van der Waals surface area contributed by atoms with E-state index < -0.39 is 0 Å². The summed E-state index contributed by atoms with van der Waals surface area (Å²) in [6.45, 7) is 3.02. The number of pyridine rings is 1. The van der Waals surface area contributed by atoms with Gasteiger partial charge in [0.15, 0.2) is 5.65 Å². The number of hydrogen-bond acceptors (Lipinski definition) is 3. The fourth-order valence-electron chi connectivity index (χ4n) is 2.79. The molecule has 0 aliphatic heterocycles. The number of anilines is 1. The molecule has 0 spiro atoms. The summed E-state index contributed by atoms with van der Waals surface area (Å²) in [6, 6.07) is 1.98. The molecule has 0 bridgehead atoms. The highest BCUT2D eigenvalue weighted by Crippen LogP contribution is 2.28. The number of aromatic nitrogens is 3. The second kappa shape index (κ2) is 4.02. The molecule has 0 aromatic carbocycles. The third-order valence-electron chi connectivity index (χ3n) is 3.78. The summed E-state index contributed by atoms with van der Waals surface area (Å²) < 4.78 is 2.08. The molecular formula is C13H18N4. The first kappa shape index (κ1) is 10.6. The number of rotatable bonds is 2. The maximum Gasteiger partial charge on any atom is 0.202 e. The highest BCUT2D eigenvalue weighted by atomic mass is 15.2. The minimum Gasteiger partial charge on any atom is -0.369 e. The molecule has 90 valence electrons. The van der Waals surface area contributed by atoms with Gasteiger partial charge in [0.2, 0.25) is 5.95 Å². The van der Waals surface area contributed by atoms with Crippen LogP contribution >= 0.6 is 0 Å². The minimum atomic E-state index is 0.605. The molecule has 0 amide bonds. The Morgan fingerprint density at radius 1 is 1.41 bits per heavy atom. The van der Waals surface area contributed by atoms with Crippen molar-refractivity contribution in [1.82, 2.24) is 14.5 Å². The Bertz CT molecular complexity index is 538. The van der Waals surface area contributed by atoms with Crippen LogP contribution in [-0.2, 0) is 6.54 Å². The molecular weight excluding hydrogens is 212 g/mol. The van der Waals surface area contributed by atoms with E-state index in [9.17, 15) is 0 Å². The van der Waals surface area contributed by atoms with Crippen LogP contribution in [0.5, 0.6) is 0 Å². The predicted molar refractivity (Wildman–Crippen MR) is 68.6 cm³/mol. The van der Waals surface area contributed by atoms with Gasteiger partial charge in [-0.25, -0.2) is 9.97 Å². The lowest BCUT2D eigenvalue weighted by Crippen LogP contribution is -2.10. The van der Waals surface area contributed by atoms with Crippen LogP contribution in [0.1, 0.15) is 31.2 Å². The van der Waals surface area contributed by atoms with Crippen molar-refractivity contribution in [2.75, 3.05) is 5.73 Å². The van der Waals surface area contributed by atoms with E-state index >= 15 is 0 Å². The molecule has 0 saturated heterocycles. The normalized spacial score (nSPS) is 17.0. The maximum absolute atomic E-state index is 6.01. The van der Waals surface area contributed by atoms with Gasteiger partial charge < -0.3 is 5.73 Å². The number of aryl methyl sites for hydroxylation is 1. The molecule has 1 aliphatic rings. The molecule has 1 saturated carbocycles.